The Labute approximate surface area is 130 Å². The summed E-state index contributed by atoms with van der Waals surface area (Å²) in [7, 11) is 0. The van der Waals surface area contributed by atoms with E-state index in [0.29, 0.717) is 11.3 Å². The molecule has 2 aromatic carbocycles. The van der Waals surface area contributed by atoms with E-state index in [1.54, 1.807) is 6.07 Å². The Morgan fingerprint density at radius 1 is 1.00 bits per heavy atom. The molecule has 1 aliphatic rings. The molecule has 1 heterocycles. The number of nitriles is 1. The quantitative estimate of drug-likeness (QED) is 0.945. The zero-order valence-electron chi connectivity index (χ0n) is 12.4. The maximum atomic E-state index is 9.57. The fraction of sp³-hybridized carbons (Fsp3) is 0.278. The molecular weight excluding hydrogens is 274 g/mol. The third-order valence-corrected chi connectivity index (χ3v) is 4.06. The van der Waals surface area contributed by atoms with Crippen LogP contribution in [0.3, 0.4) is 0 Å². The SMILES string of the molecule is N#Cc1ccc(CN2CCN(c3cccc(O)c3)CC2)cc1. The number of aromatic hydroxyl groups is 1. The highest BCUT2D eigenvalue weighted by atomic mass is 16.3. The van der Waals surface area contributed by atoms with Crippen LogP contribution in [0.4, 0.5) is 5.69 Å². The fourth-order valence-electron chi connectivity index (χ4n) is 2.80. The molecule has 4 heteroatoms. The van der Waals surface area contributed by atoms with E-state index in [9.17, 15) is 5.11 Å². The van der Waals surface area contributed by atoms with Crippen LogP contribution in [0.5, 0.6) is 5.75 Å². The Morgan fingerprint density at radius 3 is 2.36 bits per heavy atom. The van der Waals surface area contributed by atoms with Crippen molar-refractivity contribution in [3.8, 4) is 11.8 Å². The molecule has 0 radical (unpaired) electrons. The molecule has 1 aliphatic heterocycles. The van der Waals surface area contributed by atoms with Gasteiger partial charge in [-0.1, -0.05) is 18.2 Å². The minimum Gasteiger partial charge on any atom is -0.508 e. The van der Waals surface area contributed by atoms with Gasteiger partial charge in [0.1, 0.15) is 5.75 Å². The van der Waals surface area contributed by atoms with E-state index in [4.69, 9.17) is 5.26 Å². The highest BCUT2D eigenvalue weighted by molar-refractivity contribution is 5.50. The molecule has 2 aromatic rings. The monoisotopic (exact) mass is 293 g/mol. The highest BCUT2D eigenvalue weighted by Crippen LogP contribution is 2.21. The fourth-order valence-corrected chi connectivity index (χ4v) is 2.80. The molecule has 1 N–H and O–H groups in total. The number of benzene rings is 2. The van der Waals surface area contributed by atoms with Crippen LogP contribution in [0, 0.1) is 11.3 Å². The van der Waals surface area contributed by atoms with Gasteiger partial charge in [0.2, 0.25) is 0 Å². The highest BCUT2D eigenvalue weighted by Gasteiger charge is 2.17. The van der Waals surface area contributed by atoms with E-state index in [2.05, 4.69) is 15.9 Å². The van der Waals surface area contributed by atoms with Crippen LogP contribution < -0.4 is 4.90 Å². The van der Waals surface area contributed by atoms with Crippen LogP contribution in [0.15, 0.2) is 48.5 Å². The maximum Gasteiger partial charge on any atom is 0.117 e. The Bertz CT molecular complexity index is 667. The van der Waals surface area contributed by atoms with Crippen LogP contribution in [0.2, 0.25) is 0 Å². The van der Waals surface area contributed by atoms with Gasteiger partial charge in [-0.05, 0) is 29.8 Å². The van der Waals surface area contributed by atoms with Gasteiger partial charge in [0.15, 0.2) is 0 Å². The van der Waals surface area contributed by atoms with Gasteiger partial charge in [-0.2, -0.15) is 5.26 Å². The summed E-state index contributed by atoms with van der Waals surface area (Å²) in [5.74, 6) is 0.317. The molecular formula is C18H19N3O. The Balaban J connectivity index is 1.56. The smallest absolute Gasteiger partial charge is 0.117 e. The first-order chi connectivity index (χ1) is 10.7. The van der Waals surface area contributed by atoms with E-state index >= 15 is 0 Å². The minimum absolute atomic E-state index is 0.317. The average molecular weight is 293 g/mol. The number of phenolic OH excluding ortho intramolecular Hbond substituents is 1. The molecule has 1 fully saturated rings. The van der Waals surface area contributed by atoms with Crippen molar-refractivity contribution in [2.24, 2.45) is 0 Å². The van der Waals surface area contributed by atoms with E-state index in [0.717, 1.165) is 38.4 Å². The number of hydrogen-bond acceptors (Lipinski definition) is 4. The second-order valence-corrected chi connectivity index (χ2v) is 5.59. The zero-order valence-corrected chi connectivity index (χ0v) is 12.4. The van der Waals surface area contributed by atoms with Gasteiger partial charge in [-0.15, -0.1) is 0 Å². The van der Waals surface area contributed by atoms with Gasteiger partial charge < -0.3 is 10.0 Å². The number of phenols is 1. The summed E-state index contributed by atoms with van der Waals surface area (Å²) in [5, 5.41) is 18.4. The summed E-state index contributed by atoms with van der Waals surface area (Å²) in [6.07, 6.45) is 0. The Kier molecular flexibility index (Phi) is 4.27. The lowest BCUT2D eigenvalue weighted by Gasteiger charge is -2.36. The summed E-state index contributed by atoms with van der Waals surface area (Å²) in [5.41, 5.74) is 3.03. The first-order valence-electron chi connectivity index (χ1n) is 7.50. The molecule has 0 unspecified atom stereocenters. The van der Waals surface area contributed by atoms with Crippen molar-refractivity contribution >= 4 is 5.69 Å². The summed E-state index contributed by atoms with van der Waals surface area (Å²) in [4.78, 5) is 4.72. The van der Waals surface area contributed by atoms with Crippen LogP contribution in [0.1, 0.15) is 11.1 Å². The Hall–Kier alpha value is -2.51. The molecule has 0 aromatic heterocycles. The van der Waals surface area contributed by atoms with Crippen molar-refractivity contribution in [1.82, 2.24) is 4.90 Å². The van der Waals surface area contributed by atoms with Gasteiger partial charge in [-0.3, -0.25) is 4.90 Å². The van der Waals surface area contributed by atoms with Crippen molar-refractivity contribution in [2.45, 2.75) is 6.54 Å². The number of nitrogens with zero attached hydrogens (tertiary/aromatic N) is 3. The molecule has 0 amide bonds. The van der Waals surface area contributed by atoms with E-state index in [-0.39, 0.29) is 0 Å². The van der Waals surface area contributed by atoms with E-state index in [1.807, 2.05) is 42.5 Å². The molecule has 0 spiro atoms. The van der Waals surface area contributed by atoms with Crippen LogP contribution >= 0.6 is 0 Å². The van der Waals surface area contributed by atoms with Crippen molar-refractivity contribution in [2.75, 3.05) is 31.1 Å². The van der Waals surface area contributed by atoms with Gasteiger partial charge >= 0.3 is 0 Å². The predicted octanol–water partition coefficient (Wildman–Crippen LogP) is 2.59. The van der Waals surface area contributed by atoms with E-state index < -0.39 is 0 Å². The molecule has 22 heavy (non-hydrogen) atoms. The lowest BCUT2D eigenvalue weighted by atomic mass is 10.1. The molecule has 3 rings (SSSR count). The second kappa shape index (κ2) is 6.50. The molecule has 1 saturated heterocycles. The zero-order chi connectivity index (χ0) is 15.4. The third-order valence-electron chi connectivity index (χ3n) is 4.06. The molecule has 0 atom stereocenters. The lowest BCUT2D eigenvalue weighted by molar-refractivity contribution is 0.250. The molecule has 0 aliphatic carbocycles. The molecule has 0 bridgehead atoms. The normalized spacial score (nSPS) is 15.5. The summed E-state index contributed by atoms with van der Waals surface area (Å²) in [6, 6.07) is 17.4. The lowest BCUT2D eigenvalue weighted by Crippen LogP contribution is -2.45. The van der Waals surface area contributed by atoms with Crippen molar-refractivity contribution in [3.63, 3.8) is 0 Å². The second-order valence-electron chi connectivity index (χ2n) is 5.59. The first-order valence-corrected chi connectivity index (χ1v) is 7.50. The van der Waals surface area contributed by atoms with Crippen LogP contribution in [-0.4, -0.2) is 36.2 Å². The Morgan fingerprint density at radius 2 is 1.73 bits per heavy atom. The van der Waals surface area contributed by atoms with Crippen molar-refractivity contribution < 1.29 is 5.11 Å². The number of piperazine rings is 1. The summed E-state index contributed by atoms with van der Waals surface area (Å²) in [6.45, 7) is 4.82. The predicted molar refractivity (Wildman–Crippen MR) is 86.8 cm³/mol. The molecule has 4 nitrogen and oxygen atoms in total. The summed E-state index contributed by atoms with van der Waals surface area (Å²) < 4.78 is 0. The van der Waals surface area contributed by atoms with Crippen molar-refractivity contribution in [1.29, 1.82) is 5.26 Å². The standard InChI is InChI=1S/C18H19N3O/c19-13-15-4-6-16(7-5-15)14-20-8-10-21(11-9-20)17-2-1-3-18(22)12-17/h1-7,12,22H,8-11,14H2. The first kappa shape index (κ1) is 14.4. The summed E-state index contributed by atoms with van der Waals surface area (Å²) >= 11 is 0. The van der Waals surface area contributed by atoms with Crippen molar-refractivity contribution in [3.05, 3.63) is 59.7 Å². The van der Waals surface area contributed by atoms with Crippen LogP contribution in [-0.2, 0) is 6.54 Å². The third kappa shape index (κ3) is 3.38. The average Bonchev–Trinajstić information content (AvgIpc) is 2.56. The topological polar surface area (TPSA) is 50.5 Å². The molecule has 112 valence electrons. The maximum absolute atomic E-state index is 9.57. The van der Waals surface area contributed by atoms with Crippen LogP contribution in [0.25, 0.3) is 0 Å². The van der Waals surface area contributed by atoms with Gasteiger partial charge in [0, 0.05) is 44.5 Å². The minimum atomic E-state index is 0.317. The molecule has 0 saturated carbocycles. The van der Waals surface area contributed by atoms with Gasteiger partial charge in [-0.25, -0.2) is 0 Å². The largest absolute Gasteiger partial charge is 0.508 e. The van der Waals surface area contributed by atoms with Gasteiger partial charge in [0.05, 0.1) is 11.6 Å². The van der Waals surface area contributed by atoms with Gasteiger partial charge in [0.25, 0.3) is 0 Å². The number of rotatable bonds is 3. The van der Waals surface area contributed by atoms with E-state index in [1.165, 1.54) is 5.56 Å². The number of anilines is 1. The number of hydrogen-bond donors (Lipinski definition) is 1.